The van der Waals surface area contributed by atoms with Crippen LogP contribution in [0.2, 0.25) is 0 Å². The van der Waals surface area contributed by atoms with Crippen LogP contribution in [-0.2, 0) is 4.74 Å². The molecular weight excluding hydrogens is 222 g/mol. The molecule has 0 aromatic carbocycles. The van der Waals surface area contributed by atoms with Crippen molar-refractivity contribution in [3.8, 4) is 0 Å². The van der Waals surface area contributed by atoms with Crippen molar-refractivity contribution in [3.05, 3.63) is 11.8 Å². The van der Waals surface area contributed by atoms with Gasteiger partial charge in [0.25, 0.3) is 0 Å². The highest BCUT2D eigenvalue weighted by molar-refractivity contribution is 6.01. The molecule has 0 aliphatic heterocycles. The van der Waals surface area contributed by atoms with Crippen molar-refractivity contribution in [2.45, 2.75) is 31.8 Å². The fourth-order valence-corrected chi connectivity index (χ4v) is 1.87. The Bertz CT molecular complexity index is 422. The Morgan fingerprint density at radius 3 is 2.94 bits per heavy atom. The molecule has 0 spiro atoms. The third-order valence-corrected chi connectivity index (χ3v) is 2.73. The molecule has 1 fully saturated rings. The average Bonchev–Trinajstić information content (AvgIpc) is 2.88. The zero-order chi connectivity index (χ0) is 12.3. The molecule has 0 atom stereocenters. The number of aromatic amines is 1. The Morgan fingerprint density at radius 1 is 1.59 bits per heavy atom. The molecule has 2 rings (SSSR count). The number of nitrogen functional groups attached to an aromatic ring is 1. The van der Waals surface area contributed by atoms with Crippen molar-refractivity contribution < 1.29 is 9.53 Å². The van der Waals surface area contributed by atoms with E-state index in [9.17, 15) is 4.79 Å². The molecule has 1 aromatic heterocycles. The lowest BCUT2D eigenvalue weighted by Crippen LogP contribution is -2.22. The van der Waals surface area contributed by atoms with E-state index in [1.807, 2.05) is 0 Å². The van der Waals surface area contributed by atoms with Crippen molar-refractivity contribution in [3.63, 3.8) is 0 Å². The van der Waals surface area contributed by atoms with Crippen LogP contribution >= 0.6 is 0 Å². The zero-order valence-electron chi connectivity index (χ0n) is 9.32. The van der Waals surface area contributed by atoms with Crippen molar-refractivity contribution in [2.75, 3.05) is 5.32 Å². The van der Waals surface area contributed by atoms with Gasteiger partial charge >= 0.3 is 6.09 Å². The van der Waals surface area contributed by atoms with E-state index < -0.39 is 6.09 Å². The first-order valence-electron chi connectivity index (χ1n) is 5.52. The number of aromatic nitrogens is 2. The number of nitrogens with zero attached hydrogens (tertiary/aromatic N) is 1. The van der Waals surface area contributed by atoms with E-state index in [4.69, 9.17) is 15.9 Å². The number of carbonyl (C=O) groups excluding carboxylic acids is 1. The fraction of sp³-hybridized carbons (Fsp3) is 0.500. The quantitative estimate of drug-likeness (QED) is 0.466. The van der Waals surface area contributed by atoms with Gasteiger partial charge in [0.1, 0.15) is 17.8 Å². The van der Waals surface area contributed by atoms with Crippen molar-refractivity contribution in [1.82, 2.24) is 10.2 Å². The molecule has 1 saturated carbocycles. The summed E-state index contributed by atoms with van der Waals surface area (Å²) >= 11 is 0. The summed E-state index contributed by atoms with van der Waals surface area (Å²) in [5.74, 6) is 0.135. The van der Waals surface area contributed by atoms with Gasteiger partial charge < -0.3 is 10.5 Å². The minimum Gasteiger partial charge on any atom is -0.446 e. The summed E-state index contributed by atoms with van der Waals surface area (Å²) in [6, 6.07) is 0. The smallest absolute Gasteiger partial charge is 0.413 e. The van der Waals surface area contributed by atoms with Gasteiger partial charge in [0.05, 0.1) is 11.8 Å². The molecule has 0 radical (unpaired) electrons. The van der Waals surface area contributed by atoms with Crippen molar-refractivity contribution >= 4 is 17.7 Å². The summed E-state index contributed by atoms with van der Waals surface area (Å²) in [5, 5.41) is 16.1. The largest absolute Gasteiger partial charge is 0.446 e. The van der Waals surface area contributed by atoms with Gasteiger partial charge in [-0.25, -0.2) is 4.79 Å². The first kappa shape index (κ1) is 11.4. The lowest BCUT2D eigenvalue weighted by Gasteiger charge is -2.11. The molecule has 92 valence electrons. The van der Waals surface area contributed by atoms with E-state index in [-0.39, 0.29) is 11.9 Å². The molecule has 1 aromatic rings. The minimum atomic E-state index is -0.538. The van der Waals surface area contributed by atoms with E-state index in [1.54, 1.807) is 0 Å². The van der Waals surface area contributed by atoms with Crippen LogP contribution in [0.3, 0.4) is 0 Å². The fourth-order valence-electron chi connectivity index (χ4n) is 1.87. The number of nitrogens with two attached hydrogens (primary N) is 1. The topological polar surface area (TPSA) is 117 Å². The number of hydrogen-bond acceptors (Lipinski definition) is 4. The van der Waals surface area contributed by atoms with Gasteiger partial charge in [-0.15, -0.1) is 0 Å². The number of anilines is 1. The van der Waals surface area contributed by atoms with E-state index in [1.165, 1.54) is 6.20 Å². The number of nitrogens with one attached hydrogen (secondary N) is 3. The van der Waals surface area contributed by atoms with Crippen LogP contribution in [0.25, 0.3) is 0 Å². The Hall–Kier alpha value is -2.05. The summed E-state index contributed by atoms with van der Waals surface area (Å²) in [6.07, 6.45) is 4.86. The van der Waals surface area contributed by atoms with Gasteiger partial charge in [0.15, 0.2) is 0 Å². The van der Waals surface area contributed by atoms with E-state index >= 15 is 0 Å². The normalized spacial score (nSPS) is 15.8. The third kappa shape index (κ3) is 2.74. The van der Waals surface area contributed by atoms with Gasteiger partial charge in [-0.2, -0.15) is 5.10 Å². The predicted molar refractivity (Wildman–Crippen MR) is 62.0 cm³/mol. The molecule has 1 heterocycles. The Morgan fingerprint density at radius 2 is 2.29 bits per heavy atom. The lowest BCUT2D eigenvalue weighted by molar-refractivity contribution is 0.114. The number of ether oxygens (including phenoxy) is 1. The SMILES string of the molecule is N=C(N)c1cn[nH]c1NC(=O)OC1CCCC1. The van der Waals surface area contributed by atoms with Crippen LogP contribution in [0.15, 0.2) is 6.20 Å². The monoisotopic (exact) mass is 237 g/mol. The number of hydrogen-bond donors (Lipinski definition) is 4. The highest BCUT2D eigenvalue weighted by Crippen LogP contribution is 2.21. The Balaban J connectivity index is 1.93. The summed E-state index contributed by atoms with van der Waals surface area (Å²) in [6.45, 7) is 0. The minimum absolute atomic E-state index is 0.00120. The lowest BCUT2D eigenvalue weighted by atomic mass is 10.3. The summed E-state index contributed by atoms with van der Waals surface area (Å²) < 4.78 is 5.21. The van der Waals surface area contributed by atoms with Crippen LogP contribution in [0, 0.1) is 5.41 Å². The standard InChI is InChI=1S/C10H15N5O2/c11-8(12)7-5-13-15-9(7)14-10(16)17-6-3-1-2-4-6/h5-6H,1-4H2,(H3,11,12)(H2,13,14,15,16). The molecule has 5 N–H and O–H groups in total. The van der Waals surface area contributed by atoms with Gasteiger partial charge in [0.2, 0.25) is 0 Å². The number of rotatable bonds is 3. The van der Waals surface area contributed by atoms with Gasteiger partial charge in [0, 0.05) is 0 Å². The molecule has 7 heteroatoms. The van der Waals surface area contributed by atoms with Crippen LogP contribution in [-0.4, -0.2) is 28.2 Å². The van der Waals surface area contributed by atoms with Gasteiger partial charge in [-0.1, -0.05) is 0 Å². The summed E-state index contributed by atoms with van der Waals surface area (Å²) in [5.41, 5.74) is 5.68. The second-order valence-corrected chi connectivity index (χ2v) is 4.01. The molecule has 0 saturated heterocycles. The highest BCUT2D eigenvalue weighted by atomic mass is 16.6. The maximum atomic E-state index is 11.5. The van der Waals surface area contributed by atoms with Gasteiger partial charge in [-0.05, 0) is 25.7 Å². The first-order chi connectivity index (χ1) is 8.16. The average molecular weight is 237 g/mol. The number of amides is 1. The zero-order valence-corrected chi connectivity index (χ0v) is 9.32. The van der Waals surface area contributed by atoms with Gasteiger partial charge in [-0.3, -0.25) is 15.8 Å². The summed E-state index contributed by atoms with van der Waals surface area (Å²) in [4.78, 5) is 11.5. The molecule has 1 aliphatic rings. The van der Waals surface area contributed by atoms with E-state index in [2.05, 4.69) is 15.5 Å². The van der Waals surface area contributed by atoms with Crippen LogP contribution in [0.4, 0.5) is 10.6 Å². The molecule has 7 nitrogen and oxygen atoms in total. The molecule has 1 amide bonds. The molecule has 1 aliphatic carbocycles. The number of amidine groups is 1. The van der Waals surface area contributed by atoms with E-state index in [0.29, 0.717) is 11.4 Å². The maximum Gasteiger partial charge on any atom is 0.413 e. The first-order valence-corrected chi connectivity index (χ1v) is 5.52. The molecule has 0 unspecified atom stereocenters. The predicted octanol–water partition coefficient (Wildman–Crippen LogP) is 1.18. The second kappa shape index (κ2) is 4.86. The number of H-pyrrole nitrogens is 1. The van der Waals surface area contributed by atoms with Crippen LogP contribution < -0.4 is 11.1 Å². The third-order valence-electron chi connectivity index (χ3n) is 2.73. The van der Waals surface area contributed by atoms with E-state index in [0.717, 1.165) is 25.7 Å². The Labute approximate surface area is 98.2 Å². The molecule has 0 bridgehead atoms. The molecular formula is C10H15N5O2. The summed E-state index contributed by atoms with van der Waals surface area (Å²) in [7, 11) is 0. The number of carbonyl (C=O) groups is 1. The van der Waals surface area contributed by atoms with Crippen molar-refractivity contribution in [2.24, 2.45) is 5.73 Å². The van der Waals surface area contributed by atoms with Crippen LogP contribution in [0.5, 0.6) is 0 Å². The Kier molecular flexibility index (Phi) is 3.27. The van der Waals surface area contributed by atoms with Crippen molar-refractivity contribution in [1.29, 1.82) is 5.41 Å². The van der Waals surface area contributed by atoms with Crippen LogP contribution in [0.1, 0.15) is 31.2 Å². The highest BCUT2D eigenvalue weighted by Gasteiger charge is 2.20. The molecule has 17 heavy (non-hydrogen) atoms. The maximum absolute atomic E-state index is 11.5. The second-order valence-electron chi connectivity index (χ2n) is 4.01.